The van der Waals surface area contributed by atoms with E-state index in [1.165, 1.54) is 28.5 Å². The summed E-state index contributed by atoms with van der Waals surface area (Å²) in [5, 5.41) is 0. The Morgan fingerprint density at radius 2 is 2.05 bits per heavy atom. The number of nitrogens with zero attached hydrogens (tertiary/aromatic N) is 3. The van der Waals surface area contributed by atoms with Gasteiger partial charge in [-0.05, 0) is 35.9 Å². The molecule has 0 N–H and O–H groups in total. The predicted molar refractivity (Wildman–Crippen MR) is 83.4 cm³/mol. The van der Waals surface area contributed by atoms with Gasteiger partial charge in [0, 0.05) is 26.0 Å². The lowest BCUT2D eigenvalue weighted by Crippen LogP contribution is -2.26. The molecule has 114 valence electrons. The van der Waals surface area contributed by atoms with Crippen LogP contribution in [0.3, 0.4) is 0 Å². The van der Waals surface area contributed by atoms with Crippen LogP contribution in [0.2, 0.25) is 0 Å². The average Bonchev–Trinajstić information content (AvgIpc) is 2.81. The van der Waals surface area contributed by atoms with Crippen LogP contribution in [0.1, 0.15) is 5.56 Å². The van der Waals surface area contributed by atoms with Gasteiger partial charge >= 0.3 is 0 Å². The monoisotopic (exact) mass is 317 g/mol. The number of carbonyl (C=O) groups excluding carboxylic acids is 1. The van der Waals surface area contributed by atoms with Crippen LogP contribution in [-0.4, -0.2) is 33.4 Å². The lowest BCUT2D eigenvalue weighted by atomic mass is 10.2. The molecule has 7 heteroatoms. The summed E-state index contributed by atoms with van der Waals surface area (Å²) in [7, 11) is -0.517. The second-order valence-corrected chi connectivity index (χ2v) is 7.07. The number of rotatable bonds is 3. The first kappa shape index (κ1) is 14.5. The van der Waals surface area contributed by atoms with Crippen molar-refractivity contribution in [2.75, 3.05) is 23.3 Å². The van der Waals surface area contributed by atoms with E-state index >= 15 is 0 Å². The van der Waals surface area contributed by atoms with E-state index in [2.05, 4.69) is 4.98 Å². The Morgan fingerprint density at radius 1 is 1.27 bits per heavy atom. The molecule has 0 radical (unpaired) electrons. The summed E-state index contributed by atoms with van der Waals surface area (Å²) < 4.78 is 26.6. The highest BCUT2D eigenvalue weighted by Gasteiger charge is 2.28. The van der Waals surface area contributed by atoms with Gasteiger partial charge in [-0.2, -0.15) is 0 Å². The van der Waals surface area contributed by atoms with E-state index in [0.717, 1.165) is 11.3 Å². The molecule has 0 bridgehead atoms. The van der Waals surface area contributed by atoms with E-state index in [1.54, 1.807) is 37.5 Å². The van der Waals surface area contributed by atoms with Crippen molar-refractivity contribution in [3.05, 3.63) is 48.3 Å². The smallest absolute Gasteiger partial charge is 0.264 e. The molecule has 0 aliphatic carbocycles. The Bertz CT molecular complexity index is 834. The van der Waals surface area contributed by atoms with E-state index in [9.17, 15) is 13.2 Å². The van der Waals surface area contributed by atoms with Gasteiger partial charge in [-0.25, -0.2) is 8.42 Å². The number of amides is 1. The molecule has 6 nitrogen and oxygen atoms in total. The molecule has 0 saturated carbocycles. The maximum Gasteiger partial charge on any atom is 0.264 e. The molecule has 0 spiro atoms. The number of likely N-dealkylation sites (N-methyl/N-ethyl adjacent to an activating group) is 1. The van der Waals surface area contributed by atoms with Gasteiger partial charge in [0.2, 0.25) is 5.91 Å². The van der Waals surface area contributed by atoms with Crippen molar-refractivity contribution in [1.82, 2.24) is 4.98 Å². The van der Waals surface area contributed by atoms with Crippen molar-refractivity contribution in [2.24, 2.45) is 0 Å². The first-order chi connectivity index (χ1) is 10.4. The average molecular weight is 317 g/mol. The topological polar surface area (TPSA) is 70.6 Å². The number of benzene rings is 1. The van der Waals surface area contributed by atoms with Crippen LogP contribution in [0, 0.1) is 0 Å². The second-order valence-electron chi connectivity index (χ2n) is 5.10. The molecule has 0 saturated heterocycles. The minimum absolute atomic E-state index is 0.0369. The molecule has 1 aromatic carbocycles. The fourth-order valence-electron chi connectivity index (χ4n) is 2.44. The maximum atomic E-state index is 12.7. The molecule has 1 aromatic heterocycles. The molecular weight excluding hydrogens is 302 g/mol. The Balaban J connectivity index is 2.01. The first-order valence-electron chi connectivity index (χ1n) is 6.69. The molecule has 3 rings (SSSR count). The Labute approximate surface area is 129 Å². The van der Waals surface area contributed by atoms with Gasteiger partial charge in [-0.3, -0.25) is 14.1 Å². The summed E-state index contributed by atoms with van der Waals surface area (Å²) in [6, 6.07) is 8.12. The van der Waals surface area contributed by atoms with E-state index in [4.69, 9.17) is 0 Å². The van der Waals surface area contributed by atoms with Gasteiger partial charge in [-0.15, -0.1) is 0 Å². The Kier molecular flexibility index (Phi) is 3.37. The fourth-order valence-corrected chi connectivity index (χ4v) is 3.68. The zero-order valence-corrected chi connectivity index (χ0v) is 13.0. The summed E-state index contributed by atoms with van der Waals surface area (Å²) in [6.07, 6.45) is 3.30. The molecule has 2 aromatic rings. The third kappa shape index (κ3) is 2.23. The number of sulfonamides is 1. The lowest BCUT2D eigenvalue weighted by molar-refractivity contribution is -0.117. The van der Waals surface area contributed by atoms with Crippen molar-refractivity contribution in [3.63, 3.8) is 0 Å². The highest BCUT2D eigenvalue weighted by Crippen LogP contribution is 2.31. The summed E-state index contributed by atoms with van der Waals surface area (Å²) in [6.45, 7) is 0. The Morgan fingerprint density at radius 3 is 2.73 bits per heavy atom. The summed E-state index contributed by atoms with van der Waals surface area (Å²) in [5.74, 6) is -0.0369. The number of hydrogen-bond acceptors (Lipinski definition) is 4. The van der Waals surface area contributed by atoms with Crippen molar-refractivity contribution in [3.8, 4) is 0 Å². The molecule has 1 aliphatic heterocycles. The molecular formula is C15H15N3O3S. The van der Waals surface area contributed by atoms with Crippen LogP contribution in [0.15, 0.2) is 47.6 Å². The summed E-state index contributed by atoms with van der Waals surface area (Å²) in [5.41, 5.74) is 1.97. The standard InChI is InChI=1S/C15H15N3O3S/c1-17-14-6-5-13(8-11(14)9-15(17)19)22(20,21)18(2)12-4-3-7-16-10-12/h3-8,10H,9H2,1-2H3. The Hall–Kier alpha value is -2.41. The van der Waals surface area contributed by atoms with Crippen LogP contribution in [-0.2, 0) is 21.2 Å². The minimum atomic E-state index is -3.69. The highest BCUT2D eigenvalue weighted by molar-refractivity contribution is 7.92. The minimum Gasteiger partial charge on any atom is -0.315 e. The van der Waals surface area contributed by atoms with E-state index in [1.807, 2.05) is 0 Å². The molecule has 0 atom stereocenters. The number of anilines is 2. The number of carbonyl (C=O) groups is 1. The molecule has 1 amide bonds. The lowest BCUT2D eigenvalue weighted by Gasteiger charge is -2.19. The summed E-state index contributed by atoms with van der Waals surface area (Å²) in [4.78, 5) is 17.3. The fraction of sp³-hybridized carbons (Fsp3) is 0.200. The van der Waals surface area contributed by atoms with E-state index in [0.29, 0.717) is 5.69 Å². The third-order valence-electron chi connectivity index (χ3n) is 3.80. The third-order valence-corrected chi connectivity index (χ3v) is 5.58. The number of pyridine rings is 1. The van der Waals surface area contributed by atoms with Crippen molar-refractivity contribution < 1.29 is 13.2 Å². The normalized spacial score (nSPS) is 14.1. The zero-order chi connectivity index (χ0) is 15.9. The predicted octanol–water partition coefficient (Wildman–Crippen LogP) is 1.43. The van der Waals surface area contributed by atoms with Crippen molar-refractivity contribution in [1.29, 1.82) is 0 Å². The van der Waals surface area contributed by atoms with Crippen LogP contribution in [0.25, 0.3) is 0 Å². The summed E-state index contributed by atoms with van der Waals surface area (Å²) >= 11 is 0. The van der Waals surface area contributed by atoms with Crippen LogP contribution in [0.4, 0.5) is 11.4 Å². The number of fused-ring (bicyclic) bond motifs is 1. The molecule has 1 aliphatic rings. The SMILES string of the molecule is CN1C(=O)Cc2cc(S(=O)(=O)N(C)c3cccnc3)ccc21. The van der Waals surface area contributed by atoms with Gasteiger partial charge < -0.3 is 4.90 Å². The number of aromatic nitrogens is 1. The van der Waals surface area contributed by atoms with Crippen molar-refractivity contribution >= 4 is 27.3 Å². The molecule has 0 unspecified atom stereocenters. The van der Waals surface area contributed by atoms with Crippen molar-refractivity contribution in [2.45, 2.75) is 11.3 Å². The van der Waals surface area contributed by atoms with Crippen LogP contribution < -0.4 is 9.21 Å². The second kappa shape index (κ2) is 5.10. The highest BCUT2D eigenvalue weighted by atomic mass is 32.2. The van der Waals surface area contributed by atoms with E-state index in [-0.39, 0.29) is 17.2 Å². The first-order valence-corrected chi connectivity index (χ1v) is 8.14. The van der Waals surface area contributed by atoms with Gasteiger partial charge in [-0.1, -0.05) is 0 Å². The largest absolute Gasteiger partial charge is 0.315 e. The van der Waals surface area contributed by atoms with Gasteiger partial charge in [0.05, 0.1) is 23.2 Å². The van der Waals surface area contributed by atoms with Gasteiger partial charge in [0.1, 0.15) is 0 Å². The van der Waals surface area contributed by atoms with Crippen LogP contribution >= 0.6 is 0 Å². The van der Waals surface area contributed by atoms with Crippen LogP contribution in [0.5, 0.6) is 0 Å². The maximum absolute atomic E-state index is 12.7. The molecule has 2 heterocycles. The number of hydrogen-bond donors (Lipinski definition) is 0. The quantitative estimate of drug-likeness (QED) is 0.858. The van der Waals surface area contributed by atoms with E-state index < -0.39 is 10.0 Å². The van der Waals surface area contributed by atoms with Gasteiger partial charge in [0.15, 0.2) is 0 Å². The molecule has 0 fully saturated rings. The van der Waals surface area contributed by atoms with Gasteiger partial charge in [0.25, 0.3) is 10.0 Å². The zero-order valence-electron chi connectivity index (χ0n) is 12.2. The molecule has 22 heavy (non-hydrogen) atoms.